The van der Waals surface area contributed by atoms with Crippen LogP contribution in [0.15, 0.2) is 4.99 Å². The van der Waals surface area contributed by atoms with E-state index in [1.165, 1.54) is 43.4 Å². The van der Waals surface area contributed by atoms with Crippen molar-refractivity contribution in [2.24, 2.45) is 10.9 Å². The van der Waals surface area contributed by atoms with Gasteiger partial charge in [0.2, 0.25) is 0 Å². The first kappa shape index (κ1) is 12.2. The van der Waals surface area contributed by atoms with E-state index in [0.717, 1.165) is 12.5 Å². The Morgan fingerprint density at radius 3 is 2.75 bits per heavy atom. The number of thioether (sulfide) groups is 1. The lowest BCUT2D eigenvalue weighted by atomic mass is 9.97. The Labute approximate surface area is 103 Å². The van der Waals surface area contributed by atoms with Gasteiger partial charge in [0.15, 0.2) is 5.17 Å². The van der Waals surface area contributed by atoms with Gasteiger partial charge >= 0.3 is 0 Å². The summed E-state index contributed by atoms with van der Waals surface area (Å²) in [6.07, 6.45) is 2.65. The topological polar surface area (TPSA) is 27.6 Å². The standard InChI is InChI=1S/C12H23N3S/c1-3-15-6-4-11(5-7-15)8-13-12-14-10(2)9-16-12/h10-11H,3-9H2,1-2H3,(H,13,14). The average Bonchev–Trinajstić information content (AvgIpc) is 2.73. The molecule has 16 heavy (non-hydrogen) atoms. The maximum absolute atomic E-state index is 4.70. The summed E-state index contributed by atoms with van der Waals surface area (Å²) in [4.78, 5) is 7.23. The Morgan fingerprint density at radius 2 is 2.19 bits per heavy atom. The summed E-state index contributed by atoms with van der Waals surface area (Å²) in [7, 11) is 0. The van der Waals surface area contributed by atoms with Gasteiger partial charge in [0.1, 0.15) is 0 Å². The van der Waals surface area contributed by atoms with Crippen molar-refractivity contribution < 1.29 is 0 Å². The summed E-state index contributed by atoms with van der Waals surface area (Å²) in [5.41, 5.74) is 0. The first-order chi connectivity index (χ1) is 7.78. The molecule has 0 saturated carbocycles. The molecule has 92 valence electrons. The number of nitrogens with zero attached hydrogens (tertiary/aromatic N) is 2. The van der Waals surface area contributed by atoms with Crippen molar-refractivity contribution in [1.82, 2.24) is 10.2 Å². The number of hydrogen-bond acceptors (Lipinski definition) is 3. The minimum atomic E-state index is 0.602. The maximum Gasteiger partial charge on any atom is 0.156 e. The molecule has 2 aliphatic rings. The Bertz CT molecular complexity index is 247. The second-order valence-electron chi connectivity index (χ2n) is 4.88. The normalized spacial score (nSPS) is 30.9. The third-order valence-corrected chi connectivity index (χ3v) is 4.67. The average molecular weight is 241 g/mol. The number of likely N-dealkylation sites (tertiary alicyclic amines) is 1. The zero-order valence-corrected chi connectivity index (χ0v) is 11.2. The molecule has 0 aromatic carbocycles. The Balaban J connectivity index is 1.71. The molecule has 2 rings (SSSR count). The number of hydrogen-bond donors (Lipinski definition) is 1. The van der Waals surface area contributed by atoms with E-state index in [2.05, 4.69) is 24.1 Å². The lowest BCUT2D eigenvalue weighted by Gasteiger charge is -2.30. The molecule has 2 saturated heterocycles. The molecule has 3 nitrogen and oxygen atoms in total. The first-order valence-corrected chi connectivity index (χ1v) is 7.42. The van der Waals surface area contributed by atoms with E-state index in [1.807, 2.05) is 11.8 Å². The minimum Gasteiger partial charge on any atom is -0.362 e. The molecule has 0 amide bonds. The third kappa shape index (κ3) is 3.39. The van der Waals surface area contributed by atoms with Crippen LogP contribution in [0.2, 0.25) is 0 Å². The summed E-state index contributed by atoms with van der Waals surface area (Å²) in [6.45, 7) is 9.23. The largest absolute Gasteiger partial charge is 0.362 e. The fraction of sp³-hybridized carbons (Fsp3) is 0.917. The molecular formula is C12H23N3S. The van der Waals surface area contributed by atoms with Crippen LogP contribution in [-0.2, 0) is 0 Å². The summed E-state index contributed by atoms with van der Waals surface area (Å²) in [6, 6.07) is 0.602. The lowest BCUT2D eigenvalue weighted by molar-refractivity contribution is 0.196. The highest BCUT2D eigenvalue weighted by Gasteiger charge is 2.19. The molecule has 2 aliphatic heterocycles. The molecule has 2 fully saturated rings. The van der Waals surface area contributed by atoms with Crippen molar-refractivity contribution in [3.8, 4) is 0 Å². The molecule has 0 bridgehead atoms. The molecule has 0 radical (unpaired) electrons. The zero-order valence-electron chi connectivity index (χ0n) is 10.4. The van der Waals surface area contributed by atoms with Crippen molar-refractivity contribution in [2.75, 3.05) is 31.9 Å². The van der Waals surface area contributed by atoms with Crippen LogP contribution in [0.3, 0.4) is 0 Å². The Hall–Kier alpha value is -0.220. The summed E-state index contributed by atoms with van der Waals surface area (Å²) in [5.74, 6) is 1.99. The first-order valence-electron chi connectivity index (χ1n) is 6.44. The molecule has 2 heterocycles. The van der Waals surface area contributed by atoms with Gasteiger partial charge in [-0.1, -0.05) is 18.7 Å². The van der Waals surface area contributed by atoms with Gasteiger partial charge in [-0.15, -0.1) is 0 Å². The van der Waals surface area contributed by atoms with Gasteiger partial charge in [-0.2, -0.15) is 0 Å². The summed E-state index contributed by atoms with van der Waals surface area (Å²) in [5, 5.41) is 4.59. The predicted molar refractivity (Wildman–Crippen MR) is 72.2 cm³/mol. The van der Waals surface area contributed by atoms with E-state index < -0.39 is 0 Å². The third-order valence-electron chi connectivity index (χ3n) is 3.49. The molecule has 4 heteroatoms. The quantitative estimate of drug-likeness (QED) is 0.816. The predicted octanol–water partition coefficient (Wildman–Crippen LogP) is 1.80. The lowest BCUT2D eigenvalue weighted by Crippen LogP contribution is -2.34. The van der Waals surface area contributed by atoms with Crippen molar-refractivity contribution in [2.45, 2.75) is 32.7 Å². The molecule has 0 spiro atoms. The zero-order chi connectivity index (χ0) is 11.4. The van der Waals surface area contributed by atoms with Crippen LogP contribution in [0.25, 0.3) is 0 Å². The number of rotatable bonds is 3. The van der Waals surface area contributed by atoms with Crippen LogP contribution in [0.5, 0.6) is 0 Å². The van der Waals surface area contributed by atoms with Crippen molar-refractivity contribution in [3.05, 3.63) is 0 Å². The monoisotopic (exact) mass is 241 g/mol. The second-order valence-corrected chi connectivity index (χ2v) is 5.89. The number of aliphatic imine (C=N–C) groups is 1. The van der Waals surface area contributed by atoms with Gasteiger partial charge in [0, 0.05) is 18.3 Å². The van der Waals surface area contributed by atoms with E-state index in [4.69, 9.17) is 4.99 Å². The Morgan fingerprint density at radius 1 is 1.44 bits per heavy atom. The highest BCUT2D eigenvalue weighted by atomic mass is 32.2. The van der Waals surface area contributed by atoms with Crippen molar-refractivity contribution in [1.29, 1.82) is 0 Å². The van der Waals surface area contributed by atoms with Crippen LogP contribution in [0.4, 0.5) is 0 Å². The maximum atomic E-state index is 4.70. The number of nitrogens with one attached hydrogen (secondary N) is 1. The van der Waals surface area contributed by atoms with E-state index in [0.29, 0.717) is 6.04 Å². The fourth-order valence-corrected chi connectivity index (χ4v) is 3.23. The molecule has 0 aromatic heterocycles. The van der Waals surface area contributed by atoms with Gasteiger partial charge in [-0.05, 0) is 45.3 Å². The van der Waals surface area contributed by atoms with E-state index in [-0.39, 0.29) is 0 Å². The number of amidine groups is 1. The van der Waals surface area contributed by atoms with Gasteiger partial charge < -0.3 is 10.2 Å². The molecule has 0 aliphatic carbocycles. The summed E-state index contributed by atoms with van der Waals surface area (Å²) < 4.78 is 0. The highest BCUT2D eigenvalue weighted by molar-refractivity contribution is 8.14. The van der Waals surface area contributed by atoms with Crippen LogP contribution < -0.4 is 5.32 Å². The van der Waals surface area contributed by atoms with Gasteiger partial charge in [0.05, 0.1) is 0 Å². The van der Waals surface area contributed by atoms with Gasteiger partial charge in [-0.25, -0.2) is 0 Å². The van der Waals surface area contributed by atoms with Gasteiger partial charge in [-0.3, -0.25) is 4.99 Å². The van der Waals surface area contributed by atoms with Crippen LogP contribution in [0.1, 0.15) is 26.7 Å². The molecule has 1 atom stereocenters. The van der Waals surface area contributed by atoms with E-state index in [9.17, 15) is 0 Å². The summed E-state index contributed by atoms with van der Waals surface area (Å²) >= 11 is 1.87. The number of piperidine rings is 1. The molecule has 0 aromatic rings. The molecule has 1 N–H and O–H groups in total. The minimum absolute atomic E-state index is 0.602. The van der Waals surface area contributed by atoms with E-state index >= 15 is 0 Å². The van der Waals surface area contributed by atoms with Crippen LogP contribution >= 0.6 is 11.8 Å². The Kier molecular flexibility index (Phi) is 4.53. The SMILES string of the molecule is CCN1CCC(CN=C2NC(C)CS2)CC1. The van der Waals surface area contributed by atoms with Gasteiger partial charge in [0.25, 0.3) is 0 Å². The fourth-order valence-electron chi connectivity index (χ4n) is 2.29. The molecular weight excluding hydrogens is 218 g/mol. The van der Waals surface area contributed by atoms with Crippen LogP contribution in [-0.4, -0.2) is 48.0 Å². The smallest absolute Gasteiger partial charge is 0.156 e. The highest BCUT2D eigenvalue weighted by Crippen LogP contribution is 2.19. The van der Waals surface area contributed by atoms with E-state index in [1.54, 1.807) is 0 Å². The molecule has 1 unspecified atom stereocenters. The van der Waals surface area contributed by atoms with Crippen molar-refractivity contribution >= 4 is 16.9 Å². The van der Waals surface area contributed by atoms with Crippen molar-refractivity contribution in [3.63, 3.8) is 0 Å². The second kappa shape index (κ2) is 5.92. The van der Waals surface area contributed by atoms with Crippen LogP contribution in [0, 0.1) is 5.92 Å².